The van der Waals surface area contributed by atoms with Gasteiger partial charge in [-0.05, 0) is 42.8 Å². The van der Waals surface area contributed by atoms with Crippen molar-refractivity contribution in [3.63, 3.8) is 0 Å². The van der Waals surface area contributed by atoms with E-state index in [2.05, 4.69) is 0 Å². The Morgan fingerprint density at radius 1 is 1.29 bits per heavy atom. The number of nitrogens with two attached hydrogens (primary N) is 1. The first-order valence-electron chi connectivity index (χ1n) is 5.43. The fourth-order valence-electron chi connectivity index (χ4n) is 1.53. The molecule has 2 nitrogen and oxygen atoms in total. The van der Waals surface area contributed by atoms with Gasteiger partial charge in [-0.3, -0.25) is 0 Å². The summed E-state index contributed by atoms with van der Waals surface area (Å²) in [4.78, 5) is 0.641. The Kier molecular flexibility index (Phi) is 4.23. The molecule has 0 unspecified atom stereocenters. The van der Waals surface area contributed by atoms with E-state index in [4.69, 9.17) is 10.2 Å². The van der Waals surface area contributed by atoms with Crippen molar-refractivity contribution in [3.05, 3.63) is 53.7 Å². The molecule has 1 heterocycles. The van der Waals surface area contributed by atoms with Gasteiger partial charge in [0, 0.05) is 4.90 Å². The quantitative estimate of drug-likeness (QED) is 0.829. The Bertz CT molecular complexity index is 470. The Hall–Kier alpha value is -1.26. The lowest BCUT2D eigenvalue weighted by Gasteiger charge is -2.04. The van der Waals surface area contributed by atoms with E-state index in [1.54, 1.807) is 18.4 Å². The van der Waals surface area contributed by atoms with Crippen molar-refractivity contribution < 1.29 is 8.81 Å². The van der Waals surface area contributed by atoms with Crippen molar-refractivity contribution in [2.24, 2.45) is 5.73 Å². The summed E-state index contributed by atoms with van der Waals surface area (Å²) in [6.45, 7) is 0.540. The summed E-state index contributed by atoms with van der Waals surface area (Å²) in [6.07, 6.45) is 2.33. The first kappa shape index (κ1) is 12.2. The van der Waals surface area contributed by atoms with Crippen LogP contribution in [0.4, 0.5) is 4.39 Å². The minimum absolute atomic E-state index is 0.187. The molecule has 0 atom stereocenters. The van der Waals surface area contributed by atoms with Crippen LogP contribution in [0.15, 0.2) is 45.9 Å². The lowest BCUT2D eigenvalue weighted by Crippen LogP contribution is -2.02. The van der Waals surface area contributed by atoms with Crippen molar-refractivity contribution in [1.82, 2.24) is 0 Å². The predicted molar refractivity (Wildman–Crippen MR) is 67.4 cm³/mol. The van der Waals surface area contributed by atoms with Gasteiger partial charge in [0.05, 0.1) is 12.0 Å². The summed E-state index contributed by atoms with van der Waals surface area (Å²) in [5, 5.41) is 0. The highest BCUT2D eigenvalue weighted by Crippen LogP contribution is 2.26. The molecule has 0 bridgehead atoms. The zero-order chi connectivity index (χ0) is 12.1. The first-order valence-corrected chi connectivity index (χ1v) is 6.42. The molecule has 2 aromatic rings. The first-order chi connectivity index (χ1) is 8.29. The predicted octanol–water partition coefficient (Wildman–Crippen LogP) is 3.21. The van der Waals surface area contributed by atoms with Gasteiger partial charge < -0.3 is 10.2 Å². The Morgan fingerprint density at radius 2 is 2.18 bits per heavy atom. The zero-order valence-corrected chi connectivity index (χ0v) is 10.2. The van der Waals surface area contributed by atoms with E-state index < -0.39 is 0 Å². The number of halogens is 1. The number of thioether (sulfide) groups is 1. The second kappa shape index (κ2) is 5.89. The third kappa shape index (κ3) is 3.35. The number of hydrogen-bond acceptors (Lipinski definition) is 3. The molecule has 90 valence electrons. The molecule has 0 spiro atoms. The van der Waals surface area contributed by atoms with Gasteiger partial charge >= 0.3 is 0 Å². The number of hydrogen-bond donors (Lipinski definition) is 1. The van der Waals surface area contributed by atoms with E-state index in [1.165, 1.54) is 11.8 Å². The lowest BCUT2D eigenvalue weighted by atomic mass is 10.1. The molecule has 0 fully saturated rings. The van der Waals surface area contributed by atoms with Crippen LogP contribution in [0, 0.1) is 5.82 Å². The normalized spacial score (nSPS) is 10.7. The van der Waals surface area contributed by atoms with Crippen LogP contribution in [0.1, 0.15) is 11.3 Å². The lowest BCUT2D eigenvalue weighted by molar-refractivity contribution is 0.530. The molecular weight excluding hydrogens is 237 g/mol. The highest BCUT2D eigenvalue weighted by atomic mass is 32.2. The molecular formula is C13H14FNOS. The molecule has 17 heavy (non-hydrogen) atoms. The highest BCUT2D eigenvalue weighted by molar-refractivity contribution is 7.98. The third-order valence-electron chi connectivity index (χ3n) is 2.38. The zero-order valence-electron chi connectivity index (χ0n) is 9.36. The Morgan fingerprint density at radius 3 is 2.82 bits per heavy atom. The molecule has 0 saturated heterocycles. The average molecular weight is 251 g/mol. The van der Waals surface area contributed by atoms with Crippen molar-refractivity contribution in [1.29, 1.82) is 0 Å². The van der Waals surface area contributed by atoms with Gasteiger partial charge in [0.25, 0.3) is 0 Å². The summed E-state index contributed by atoms with van der Waals surface area (Å²) in [5.41, 5.74) is 6.37. The third-order valence-corrected chi connectivity index (χ3v) is 3.45. The molecule has 1 aromatic carbocycles. The van der Waals surface area contributed by atoms with Gasteiger partial charge in [-0.2, -0.15) is 0 Å². The Balaban J connectivity index is 2.01. The van der Waals surface area contributed by atoms with Crippen LogP contribution in [0.3, 0.4) is 0 Å². The molecule has 4 heteroatoms. The van der Waals surface area contributed by atoms with Gasteiger partial charge in [-0.1, -0.05) is 6.07 Å². The molecule has 1 aromatic heterocycles. The fraction of sp³-hybridized carbons (Fsp3) is 0.231. The second-order valence-electron chi connectivity index (χ2n) is 3.67. The minimum Gasteiger partial charge on any atom is -0.468 e. The van der Waals surface area contributed by atoms with Crippen LogP contribution in [0.25, 0.3) is 0 Å². The molecule has 2 rings (SSSR count). The number of rotatable bonds is 5. The van der Waals surface area contributed by atoms with Crippen molar-refractivity contribution in [2.45, 2.75) is 17.1 Å². The summed E-state index contributed by atoms with van der Waals surface area (Å²) in [5.74, 6) is 1.30. The van der Waals surface area contributed by atoms with Gasteiger partial charge in [-0.25, -0.2) is 4.39 Å². The summed E-state index contributed by atoms with van der Waals surface area (Å²) >= 11 is 1.43. The monoisotopic (exact) mass is 251 g/mol. The maximum Gasteiger partial charge on any atom is 0.137 e. The van der Waals surface area contributed by atoms with Gasteiger partial charge in [0.1, 0.15) is 11.6 Å². The molecule has 0 aliphatic rings. The fourth-order valence-corrected chi connectivity index (χ4v) is 2.35. The minimum atomic E-state index is -0.187. The van der Waals surface area contributed by atoms with Crippen LogP contribution in [-0.2, 0) is 12.2 Å². The summed E-state index contributed by atoms with van der Waals surface area (Å²) < 4.78 is 18.9. The SMILES string of the molecule is NCCc1ccc(SCc2ccco2)c(F)c1. The van der Waals surface area contributed by atoms with Gasteiger partial charge in [-0.15, -0.1) is 11.8 Å². The topological polar surface area (TPSA) is 39.2 Å². The van der Waals surface area contributed by atoms with Gasteiger partial charge in [0.15, 0.2) is 0 Å². The standard InChI is InChI=1S/C13H14FNOS/c14-12-8-10(5-6-15)3-4-13(12)17-9-11-2-1-7-16-11/h1-4,7-8H,5-6,9,15H2. The van der Waals surface area contributed by atoms with E-state index in [1.807, 2.05) is 18.2 Å². The second-order valence-corrected chi connectivity index (χ2v) is 4.69. The smallest absolute Gasteiger partial charge is 0.137 e. The Labute approximate surface area is 104 Å². The average Bonchev–Trinajstić information content (AvgIpc) is 2.81. The molecule has 0 amide bonds. The maximum absolute atomic E-state index is 13.7. The molecule has 0 radical (unpaired) electrons. The van der Waals surface area contributed by atoms with Crippen LogP contribution in [0.2, 0.25) is 0 Å². The molecule has 0 aliphatic heterocycles. The van der Waals surface area contributed by atoms with E-state index in [0.717, 1.165) is 11.3 Å². The molecule has 0 saturated carbocycles. The van der Waals surface area contributed by atoms with Crippen LogP contribution in [0.5, 0.6) is 0 Å². The van der Waals surface area contributed by atoms with Crippen molar-refractivity contribution >= 4 is 11.8 Å². The maximum atomic E-state index is 13.7. The van der Waals surface area contributed by atoms with E-state index in [0.29, 0.717) is 23.6 Å². The number of benzene rings is 1. The van der Waals surface area contributed by atoms with Crippen LogP contribution >= 0.6 is 11.8 Å². The van der Waals surface area contributed by atoms with Crippen molar-refractivity contribution in [3.8, 4) is 0 Å². The van der Waals surface area contributed by atoms with E-state index >= 15 is 0 Å². The largest absolute Gasteiger partial charge is 0.468 e. The summed E-state index contributed by atoms with van der Waals surface area (Å²) in [7, 11) is 0. The van der Waals surface area contributed by atoms with Crippen molar-refractivity contribution in [2.75, 3.05) is 6.54 Å². The van der Waals surface area contributed by atoms with Gasteiger partial charge in [0.2, 0.25) is 0 Å². The summed E-state index contributed by atoms with van der Waals surface area (Å²) in [6, 6.07) is 8.98. The van der Waals surface area contributed by atoms with Crippen LogP contribution in [-0.4, -0.2) is 6.54 Å². The molecule has 0 aliphatic carbocycles. The van der Waals surface area contributed by atoms with E-state index in [-0.39, 0.29) is 5.82 Å². The van der Waals surface area contributed by atoms with Crippen LogP contribution < -0.4 is 5.73 Å². The molecule has 2 N–H and O–H groups in total. The van der Waals surface area contributed by atoms with E-state index in [9.17, 15) is 4.39 Å². The number of furan rings is 1. The highest BCUT2D eigenvalue weighted by Gasteiger charge is 2.05.